The van der Waals surface area contributed by atoms with Crippen molar-refractivity contribution >= 4 is 0 Å². The van der Waals surface area contributed by atoms with Gasteiger partial charge in [-0.3, -0.25) is 10.00 Å². The third-order valence-electron chi connectivity index (χ3n) is 4.30. The molecule has 0 unspecified atom stereocenters. The van der Waals surface area contributed by atoms with Gasteiger partial charge in [0.25, 0.3) is 0 Å². The van der Waals surface area contributed by atoms with Crippen molar-refractivity contribution in [1.29, 1.82) is 0 Å². The molecule has 1 aliphatic rings. The van der Waals surface area contributed by atoms with Crippen LogP contribution in [0.2, 0.25) is 0 Å². The second-order valence-electron chi connectivity index (χ2n) is 6.04. The highest BCUT2D eigenvalue weighted by atomic mass is 16.5. The van der Waals surface area contributed by atoms with E-state index >= 15 is 0 Å². The van der Waals surface area contributed by atoms with Crippen LogP contribution in [0.1, 0.15) is 42.6 Å². The molecule has 0 amide bonds. The Morgan fingerprint density at radius 1 is 1.36 bits per heavy atom. The van der Waals surface area contributed by atoms with Crippen LogP contribution in [0.5, 0.6) is 0 Å². The first-order valence-electron chi connectivity index (χ1n) is 8.00. The Balaban J connectivity index is 1.52. The van der Waals surface area contributed by atoms with Gasteiger partial charge >= 0.3 is 0 Å². The van der Waals surface area contributed by atoms with Gasteiger partial charge in [0.15, 0.2) is 5.82 Å². The number of aromatic nitrogens is 3. The minimum atomic E-state index is -0.00858. The smallest absolute Gasteiger partial charge is 0.180 e. The van der Waals surface area contributed by atoms with Crippen molar-refractivity contribution in [2.75, 3.05) is 26.2 Å². The topological polar surface area (TPSA) is 54.0 Å². The molecule has 0 saturated carbocycles. The normalized spacial score (nSPS) is 20.9. The van der Waals surface area contributed by atoms with Gasteiger partial charge in [0, 0.05) is 13.1 Å². The summed E-state index contributed by atoms with van der Waals surface area (Å²) >= 11 is 0. The fraction of sp³-hybridized carbons (Fsp3) is 0.529. The van der Waals surface area contributed by atoms with E-state index in [1.165, 1.54) is 5.56 Å². The van der Waals surface area contributed by atoms with Crippen molar-refractivity contribution in [2.24, 2.45) is 0 Å². The van der Waals surface area contributed by atoms with E-state index in [1.54, 1.807) is 0 Å². The number of nitrogens with one attached hydrogen (secondary N) is 1. The van der Waals surface area contributed by atoms with E-state index < -0.39 is 0 Å². The van der Waals surface area contributed by atoms with Crippen molar-refractivity contribution in [2.45, 2.75) is 32.3 Å². The Kier molecular flexibility index (Phi) is 4.85. The van der Waals surface area contributed by atoms with Crippen LogP contribution in [-0.4, -0.2) is 46.3 Å². The van der Waals surface area contributed by atoms with E-state index in [0.29, 0.717) is 5.92 Å². The maximum Gasteiger partial charge on any atom is 0.180 e. The number of nitrogens with zero attached hydrogens (tertiary/aromatic N) is 3. The van der Waals surface area contributed by atoms with Gasteiger partial charge in [0.2, 0.25) is 0 Å². The van der Waals surface area contributed by atoms with Crippen LogP contribution in [0, 0.1) is 6.92 Å². The number of H-pyrrole nitrogens is 1. The van der Waals surface area contributed by atoms with E-state index in [0.717, 1.165) is 44.3 Å². The second kappa shape index (κ2) is 7.03. The molecule has 22 heavy (non-hydrogen) atoms. The molecule has 0 radical (unpaired) electrons. The molecule has 2 atom stereocenters. The lowest BCUT2D eigenvalue weighted by Gasteiger charge is -2.32. The molecule has 5 nitrogen and oxygen atoms in total. The molecule has 0 bridgehead atoms. The summed E-state index contributed by atoms with van der Waals surface area (Å²) in [6.45, 7) is 7.90. The van der Waals surface area contributed by atoms with Gasteiger partial charge in [0.05, 0.1) is 6.61 Å². The van der Waals surface area contributed by atoms with Crippen LogP contribution in [0.3, 0.4) is 0 Å². The zero-order valence-electron chi connectivity index (χ0n) is 13.3. The Bertz CT molecular complexity index is 583. The average Bonchev–Trinajstić information content (AvgIpc) is 3.00. The lowest BCUT2D eigenvalue weighted by atomic mass is 9.97. The van der Waals surface area contributed by atoms with E-state index in [-0.39, 0.29) is 6.10 Å². The maximum absolute atomic E-state index is 5.81. The van der Waals surface area contributed by atoms with Crippen molar-refractivity contribution < 1.29 is 4.74 Å². The summed E-state index contributed by atoms with van der Waals surface area (Å²) in [5.74, 6) is 2.19. The molecular formula is C17H24N4O. The standard InChI is InChI=1S/C17H24N4O/c1-13(15-6-4-3-5-7-15)8-9-21-10-11-22-16(12-21)17-18-14(2)19-20-17/h3-7,13,16H,8-12H2,1-2H3,(H,18,19,20)/t13-,16+/m1/s1. The summed E-state index contributed by atoms with van der Waals surface area (Å²) in [7, 11) is 0. The van der Waals surface area contributed by atoms with Crippen molar-refractivity contribution in [3.8, 4) is 0 Å². The van der Waals surface area contributed by atoms with Crippen LogP contribution < -0.4 is 0 Å². The molecule has 1 aliphatic heterocycles. The van der Waals surface area contributed by atoms with Crippen LogP contribution in [-0.2, 0) is 4.74 Å². The minimum Gasteiger partial charge on any atom is -0.367 e. The van der Waals surface area contributed by atoms with Crippen molar-refractivity contribution in [1.82, 2.24) is 20.1 Å². The zero-order valence-corrected chi connectivity index (χ0v) is 13.3. The number of aryl methyl sites for hydroxylation is 1. The molecule has 2 heterocycles. The number of hydrogen-bond acceptors (Lipinski definition) is 4. The SMILES string of the molecule is Cc1nc([C@@H]2CN(CC[C@@H](C)c3ccccc3)CCO2)n[nH]1. The van der Waals surface area contributed by atoms with Crippen LogP contribution in [0.15, 0.2) is 30.3 Å². The first-order chi connectivity index (χ1) is 10.7. The Labute approximate surface area is 131 Å². The highest BCUT2D eigenvalue weighted by molar-refractivity contribution is 5.18. The third-order valence-corrected chi connectivity index (χ3v) is 4.30. The second-order valence-corrected chi connectivity index (χ2v) is 6.04. The number of aromatic amines is 1. The number of ether oxygens (including phenoxy) is 1. The minimum absolute atomic E-state index is 0.00858. The van der Waals surface area contributed by atoms with Gasteiger partial charge in [0.1, 0.15) is 11.9 Å². The Hall–Kier alpha value is -1.72. The molecule has 3 rings (SSSR count). The van der Waals surface area contributed by atoms with Gasteiger partial charge < -0.3 is 4.74 Å². The number of morpholine rings is 1. The highest BCUT2D eigenvalue weighted by Crippen LogP contribution is 2.22. The van der Waals surface area contributed by atoms with Gasteiger partial charge in [-0.15, -0.1) is 0 Å². The Morgan fingerprint density at radius 3 is 2.91 bits per heavy atom. The molecule has 5 heteroatoms. The molecule has 2 aromatic rings. The van der Waals surface area contributed by atoms with Gasteiger partial charge in [-0.25, -0.2) is 4.98 Å². The monoisotopic (exact) mass is 300 g/mol. The van der Waals surface area contributed by atoms with Crippen LogP contribution in [0.25, 0.3) is 0 Å². The molecule has 1 fully saturated rings. The molecule has 1 aromatic heterocycles. The summed E-state index contributed by atoms with van der Waals surface area (Å²) in [4.78, 5) is 6.85. The molecule has 0 spiro atoms. The van der Waals surface area contributed by atoms with E-state index in [4.69, 9.17) is 4.74 Å². The third kappa shape index (κ3) is 3.72. The van der Waals surface area contributed by atoms with Crippen molar-refractivity contribution in [3.63, 3.8) is 0 Å². The van der Waals surface area contributed by atoms with Crippen LogP contribution >= 0.6 is 0 Å². The fourth-order valence-electron chi connectivity index (χ4n) is 2.89. The molecule has 0 aliphatic carbocycles. The first-order valence-corrected chi connectivity index (χ1v) is 8.00. The fourth-order valence-corrected chi connectivity index (χ4v) is 2.89. The summed E-state index contributed by atoms with van der Waals surface area (Å²) in [6, 6.07) is 10.7. The summed E-state index contributed by atoms with van der Waals surface area (Å²) in [6.07, 6.45) is 1.15. The summed E-state index contributed by atoms with van der Waals surface area (Å²) < 4.78 is 5.81. The quantitative estimate of drug-likeness (QED) is 0.922. The molecule has 1 N–H and O–H groups in total. The largest absolute Gasteiger partial charge is 0.367 e. The first kappa shape index (κ1) is 15.2. The lowest BCUT2D eigenvalue weighted by molar-refractivity contribution is -0.0348. The van der Waals surface area contributed by atoms with Gasteiger partial charge in [-0.2, -0.15) is 5.10 Å². The molecule has 1 aromatic carbocycles. The zero-order chi connectivity index (χ0) is 15.4. The lowest BCUT2D eigenvalue weighted by Crippen LogP contribution is -2.39. The van der Waals surface area contributed by atoms with Gasteiger partial charge in [-0.1, -0.05) is 37.3 Å². The maximum atomic E-state index is 5.81. The van der Waals surface area contributed by atoms with E-state index in [2.05, 4.69) is 57.3 Å². The van der Waals surface area contributed by atoms with Crippen molar-refractivity contribution in [3.05, 3.63) is 47.5 Å². The number of benzene rings is 1. The predicted molar refractivity (Wildman–Crippen MR) is 85.7 cm³/mol. The molecule has 1 saturated heterocycles. The average molecular weight is 300 g/mol. The summed E-state index contributed by atoms with van der Waals surface area (Å²) in [5.41, 5.74) is 1.41. The number of hydrogen-bond donors (Lipinski definition) is 1. The van der Waals surface area contributed by atoms with E-state index in [1.807, 2.05) is 6.92 Å². The van der Waals surface area contributed by atoms with Crippen LogP contribution in [0.4, 0.5) is 0 Å². The predicted octanol–water partition coefficient (Wildman–Crippen LogP) is 2.68. The highest BCUT2D eigenvalue weighted by Gasteiger charge is 2.25. The molecule has 118 valence electrons. The summed E-state index contributed by atoms with van der Waals surface area (Å²) in [5, 5.41) is 7.12. The molecular weight excluding hydrogens is 276 g/mol. The Morgan fingerprint density at radius 2 is 2.18 bits per heavy atom. The number of rotatable bonds is 5. The van der Waals surface area contributed by atoms with Gasteiger partial charge in [-0.05, 0) is 31.4 Å². The van der Waals surface area contributed by atoms with E-state index in [9.17, 15) is 0 Å².